The summed E-state index contributed by atoms with van der Waals surface area (Å²) in [7, 11) is 0. The van der Waals surface area contributed by atoms with Crippen molar-refractivity contribution in [3.8, 4) is 22.3 Å². The van der Waals surface area contributed by atoms with Crippen LogP contribution < -0.4 is 9.80 Å². The van der Waals surface area contributed by atoms with Gasteiger partial charge >= 0.3 is 0 Å². The molecule has 11 rings (SSSR count). The molecule has 0 fully saturated rings. The minimum atomic E-state index is 0.888. The van der Waals surface area contributed by atoms with E-state index >= 15 is 0 Å². The van der Waals surface area contributed by atoms with Gasteiger partial charge in [0, 0.05) is 34.2 Å². The van der Waals surface area contributed by atoms with Crippen molar-refractivity contribution in [2.75, 3.05) is 9.80 Å². The molecule has 5 aliphatic carbocycles. The van der Waals surface area contributed by atoms with Crippen LogP contribution in [0.5, 0.6) is 0 Å². The molecule has 0 aromatic heterocycles. The Bertz CT molecular complexity index is 2990. The Balaban J connectivity index is 0.979. The van der Waals surface area contributed by atoms with Crippen LogP contribution in [-0.4, -0.2) is 0 Å². The highest BCUT2D eigenvalue weighted by molar-refractivity contribution is 5.80. The van der Waals surface area contributed by atoms with Crippen LogP contribution in [0.25, 0.3) is 33.4 Å². The normalized spacial score (nSPS) is 16.9. The minimum Gasteiger partial charge on any atom is -0.318 e. The summed E-state index contributed by atoms with van der Waals surface area (Å²) >= 11 is 0. The van der Waals surface area contributed by atoms with Crippen LogP contribution in [0.4, 0.5) is 17.1 Å². The highest BCUT2D eigenvalue weighted by atomic mass is 15.2. The Morgan fingerprint density at radius 2 is 0.985 bits per heavy atom. The van der Waals surface area contributed by atoms with Crippen LogP contribution in [0, 0.1) is 0 Å². The predicted octanol–water partition coefficient (Wildman–Crippen LogP) is 17.1. The first-order chi connectivity index (χ1) is 32.2. The number of hydrogen-bond donors (Lipinski definition) is 0. The molecular weight excluding hydrogens is 785 g/mol. The number of fused-ring (bicyclic) bond motifs is 2. The van der Waals surface area contributed by atoms with Gasteiger partial charge in [0.1, 0.15) is 0 Å². The Kier molecular flexibility index (Phi) is 11.4. The van der Waals surface area contributed by atoms with Crippen LogP contribution in [0.2, 0.25) is 0 Å². The van der Waals surface area contributed by atoms with E-state index in [1.807, 2.05) is 0 Å². The summed E-state index contributed by atoms with van der Waals surface area (Å²) in [5.41, 5.74) is 23.5. The third-order valence-corrected chi connectivity index (χ3v) is 13.7. The van der Waals surface area contributed by atoms with E-state index in [0.29, 0.717) is 0 Å². The van der Waals surface area contributed by atoms with Crippen molar-refractivity contribution in [2.24, 2.45) is 0 Å². The Morgan fingerprint density at radius 3 is 1.60 bits per heavy atom. The maximum absolute atomic E-state index is 2.60. The largest absolute Gasteiger partial charge is 0.318 e. The summed E-state index contributed by atoms with van der Waals surface area (Å²) in [4.78, 5) is 5.06. The topological polar surface area (TPSA) is 6.48 Å². The van der Waals surface area contributed by atoms with Gasteiger partial charge in [-0.25, -0.2) is 0 Å². The Hall–Kier alpha value is -7.42. The molecule has 316 valence electrons. The molecule has 65 heavy (non-hydrogen) atoms. The average Bonchev–Trinajstić information content (AvgIpc) is 3.50. The van der Waals surface area contributed by atoms with E-state index in [1.54, 1.807) is 5.57 Å². The molecule has 0 aliphatic heterocycles. The number of rotatable bonds is 10. The summed E-state index contributed by atoms with van der Waals surface area (Å²) in [6.45, 7) is 0. The molecular formula is C63H54N2. The lowest BCUT2D eigenvalue weighted by Gasteiger charge is -2.32. The molecule has 2 nitrogen and oxygen atoms in total. The van der Waals surface area contributed by atoms with E-state index < -0.39 is 0 Å². The summed E-state index contributed by atoms with van der Waals surface area (Å²) in [6, 6.07) is 59.9. The average molecular weight is 839 g/mol. The van der Waals surface area contributed by atoms with E-state index in [4.69, 9.17) is 0 Å². The van der Waals surface area contributed by atoms with Crippen LogP contribution >= 0.6 is 0 Å². The van der Waals surface area contributed by atoms with Crippen molar-refractivity contribution < 1.29 is 0 Å². The highest BCUT2D eigenvalue weighted by Gasteiger charge is 2.31. The second-order valence-electron chi connectivity index (χ2n) is 17.7. The van der Waals surface area contributed by atoms with Crippen molar-refractivity contribution in [1.82, 2.24) is 0 Å². The number of anilines is 3. The summed E-state index contributed by atoms with van der Waals surface area (Å²) in [6.07, 6.45) is 31.0. The molecule has 0 amide bonds. The van der Waals surface area contributed by atoms with Gasteiger partial charge in [0.25, 0.3) is 0 Å². The van der Waals surface area contributed by atoms with Crippen molar-refractivity contribution in [2.45, 2.75) is 57.8 Å². The lowest BCUT2D eigenvalue weighted by atomic mass is 9.94. The standard InChI is InChI=1S/C63H54N2/c1-5-15-46(16-6-1)50-23-13-25-56(35-27-50)64(57-36-28-51(29-37-57)47-17-7-2-8-18-47)61-42-34-55-43-54-24-14-26-60(44-62(54)63(55)45-61)65(58-38-30-52(31-39-58)48-19-9-3-10-20-48)59-40-32-53(33-41-59)49-21-11-4-12-22-49/h1-3,5-11,15-22,24,26-33,35-41,44-45H,4,12-14,23,25,34,42-43H2. The molecule has 2 heteroatoms. The summed E-state index contributed by atoms with van der Waals surface area (Å²) in [5.74, 6) is 0. The van der Waals surface area contributed by atoms with Gasteiger partial charge in [0.05, 0.1) is 0 Å². The van der Waals surface area contributed by atoms with Gasteiger partial charge < -0.3 is 9.80 Å². The summed E-state index contributed by atoms with van der Waals surface area (Å²) in [5, 5.41) is 0. The first kappa shape index (κ1) is 40.4. The number of nitrogens with zero attached hydrogens (tertiary/aromatic N) is 2. The molecule has 0 unspecified atom stereocenters. The van der Waals surface area contributed by atoms with Gasteiger partial charge in [-0.05, 0) is 174 Å². The van der Waals surface area contributed by atoms with Gasteiger partial charge in [-0.3, -0.25) is 0 Å². The van der Waals surface area contributed by atoms with Crippen molar-refractivity contribution in [1.29, 1.82) is 0 Å². The zero-order valence-electron chi connectivity index (χ0n) is 37.0. The van der Waals surface area contributed by atoms with Crippen LogP contribution in [0.15, 0.2) is 258 Å². The first-order valence-corrected chi connectivity index (χ1v) is 23.6. The van der Waals surface area contributed by atoms with Gasteiger partial charge in [-0.2, -0.15) is 0 Å². The van der Waals surface area contributed by atoms with Crippen LogP contribution in [0.1, 0.15) is 68.9 Å². The monoisotopic (exact) mass is 838 g/mol. The quantitative estimate of drug-likeness (QED) is 0.136. The Morgan fingerprint density at radius 1 is 0.400 bits per heavy atom. The van der Waals surface area contributed by atoms with Crippen molar-refractivity contribution >= 4 is 28.2 Å². The third kappa shape index (κ3) is 8.53. The molecule has 0 bridgehead atoms. The Labute approximate surface area is 385 Å². The maximum atomic E-state index is 2.60. The van der Waals surface area contributed by atoms with Crippen molar-refractivity contribution in [3.05, 3.63) is 269 Å². The molecule has 0 heterocycles. The fourth-order valence-electron chi connectivity index (χ4n) is 10.3. The fourth-order valence-corrected chi connectivity index (χ4v) is 10.3. The molecule has 0 radical (unpaired) electrons. The van der Waals surface area contributed by atoms with Crippen LogP contribution in [0.3, 0.4) is 0 Å². The van der Waals surface area contributed by atoms with E-state index in [1.165, 1.54) is 84.0 Å². The lowest BCUT2D eigenvalue weighted by Crippen LogP contribution is -2.23. The summed E-state index contributed by atoms with van der Waals surface area (Å²) < 4.78 is 0. The second kappa shape index (κ2) is 18.4. The molecule has 0 atom stereocenters. The zero-order chi connectivity index (χ0) is 43.4. The van der Waals surface area contributed by atoms with Crippen molar-refractivity contribution in [3.63, 3.8) is 0 Å². The zero-order valence-corrected chi connectivity index (χ0v) is 37.0. The molecule has 5 aliphatic rings. The van der Waals surface area contributed by atoms with E-state index in [9.17, 15) is 0 Å². The first-order valence-electron chi connectivity index (χ1n) is 23.6. The number of hydrogen-bond acceptors (Lipinski definition) is 2. The van der Waals surface area contributed by atoms with Gasteiger partial charge in [-0.1, -0.05) is 169 Å². The third-order valence-electron chi connectivity index (χ3n) is 13.7. The predicted molar refractivity (Wildman–Crippen MR) is 275 cm³/mol. The molecule has 0 saturated heterocycles. The van der Waals surface area contributed by atoms with Crippen LogP contribution in [-0.2, 0) is 0 Å². The fraction of sp³-hybridized carbons (Fsp3) is 0.143. The van der Waals surface area contributed by atoms with E-state index in [2.05, 4.69) is 228 Å². The molecule has 6 aromatic rings. The minimum absolute atomic E-state index is 0.888. The smallest absolute Gasteiger partial charge is 0.0461 e. The lowest BCUT2D eigenvalue weighted by molar-refractivity contribution is 0.784. The molecule has 6 aromatic carbocycles. The number of benzene rings is 6. The molecule has 0 spiro atoms. The van der Waals surface area contributed by atoms with Gasteiger partial charge in [0.15, 0.2) is 0 Å². The van der Waals surface area contributed by atoms with Gasteiger partial charge in [-0.15, -0.1) is 0 Å². The van der Waals surface area contributed by atoms with Gasteiger partial charge in [0.2, 0.25) is 0 Å². The number of allylic oxidation sites excluding steroid dienone is 17. The van der Waals surface area contributed by atoms with E-state index in [-0.39, 0.29) is 0 Å². The SMILES string of the molecule is C1=CC(c2ccc(N(C3=CCC=C4CC5=C(C=C(N(C6=CC=C(c7ccccc7)CCC6)c6ccc(-c7ccccc7)cc6)CC5)C4=C3)c3ccc(-c4ccccc4)cc3)cc2)=CCC1. The maximum Gasteiger partial charge on any atom is 0.0461 e. The second-order valence-corrected chi connectivity index (χ2v) is 17.7. The van der Waals surface area contributed by atoms with E-state index in [0.717, 1.165) is 69.2 Å². The highest BCUT2D eigenvalue weighted by Crippen LogP contribution is 2.47. The molecule has 0 N–H and O–H groups in total. The molecule has 0 saturated carbocycles.